The fourth-order valence-electron chi connectivity index (χ4n) is 0.625. The highest BCUT2D eigenvalue weighted by Crippen LogP contribution is 1.97. The molecule has 5 heteroatoms. The Bertz CT molecular complexity index is 172. The van der Waals surface area contributed by atoms with Crippen molar-refractivity contribution in [2.24, 2.45) is 11.5 Å². The van der Waals surface area contributed by atoms with Crippen molar-refractivity contribution >= 4 is 9.84 Å². The SMILES string of the molecule is CCS(=O)(=O)C(CN)CN. The zero-order chi connectivity index (χ0) is 8.20. The van der Waals surface area contributed by atoms with E-state index < -0.39 is 15.1 Å². The van der Waals surface area contributed by atoms with Crippen LogP contribution in [0.3, 0.4) is 0 Å². The first-order chi connectivity index (χ1) is 4.58. The minimum Gasteiger partial charge on any atom is -0.329 e. The summed E-state index contributed by atoms with van der Waals surface area (Å²) in [5.74, 6) is 0.117. The van der Waals surface area contributed by atoms with Crippen LogP contribution in [0.4, 0.5) is 0 Å². The minimum atomic E-state index is -3.01. The maximum atomic E-state index is 11.0. The Hall–Kier alpha value is -0.130. The van der Waals surface area contributed by atoms with Crippen molar-refractivity contribution in [2.75, 3.05) is 18.8 Å². The van der Waals surface area contributed by atoms with Gasteiger partial charge in [0.1, 0.15) is 0 Å². The third-order valence-electron chi connectivity index (χ3n) is 1.44. The van der Waals surface area contributed by atoms with E-state index in [-0.39, 0.29) is 18.8 Å². The van der Waals surface area contributed by atoms with E-state index in [4.69, 9.17) is 11.5 Å². The van der Waals surface area contributed by atoms with Gasteiger partial charge in [-0.05, 0) is 0 Å². The smallest absolute Gasteiger partial charge is 0.155 e. The monoisotopic (exact) mass is 166 g/mol. The molecule has 4 nitrogen and oxygen atoms in total. The van der Waals surface area contributed by atoms with Crippen LogP contribution in [0.1, 0.15) is 6.92 Å². The molecular weight excluding hydrogens is 152 g/mol. The van der Waals surface area contributed by atoms with E-state index in [1.165, 1.54) is 0 Å². The maximum Gasteiger partial charge on any atom is 0.155 e. The molecule has 0 aliphatic carbocycles. The predicted octanol–water partition coefficient (Wildman–Crippen LogP) is -1.29. The largest absolute Gasteiger partial charge is 0.329 e. The number of nitrogens with two attached hydrogens (primary N) is 2. The molecule has 0 saturated heterocycles. The molecular formula is C5H14N2O2S. The van der Waals surface area contributed by atoms with Gasteiger partial charge < -0.3 is 11.5 Å². The van der Waals surface area contributed by atoms with Crippen LogP contribution in [0.5, 0.6) is 0 Å². The molecule has 10 heavy (non-hydrogen) atoms. The summed E-state index contributed by atoms with van der Waals surface area (Å²) in [6.07, 6.45) is 0. The first kappa shape index (κ1) is 9.87. The van der Waals surface area contributed by atoms with Crippen molar-refractivity contribution in [1.82, 2.24) is 0 Å². The normalized spacial score (nSPS) is 12.4. The average Bonchev–Trinajstić information content (AvgIpc) is 1.90. The van der Waals surface area contributed by atoms with Crippen LogP contribution in [0.25, 0.3) is 0 Å². The van der Waals surface area contributed by atoms with E-state index in [1.807, 2.05) is 0 Å². The Morgan fingerprint density at radius 1 is 1.30 bits per heavy atom. The quantitative estimate of drug-likeness (QED) is 0.544. The van der Waals surface area contributed by atoms with E-state index in [1.54, 1.807) is 6.92 Å². The molecule has 0 fully saturated rings. The van der Waals surface area contributed by atoms with Gasteiger partial charge in [0.05, 0.1) is 5.25 Å². The molecule has 0 unspecified atom stereocenters. The first-order valence-corrected chi connectivity index (χ1v) is 4.91. The van der Waals surface area contributed by atoms with Crippen molar-refractivity contribution < 1.29 is 8.42 Å². The summed E-state index contributed by atoms with van der Waals surface area (Å²) in [6, 6.07) is 0. The molecule has 0 heterocycles. The van der Waals surface area contributed by atoms with Crippen molar-refractivity contribution in [3.8, 4) is 0 Å². The lowest BCUT2D eigenvalue weighted by Crippen LogP contribution is -2.37. The van der Waals surface area contributed by atoms with E-state index >= 15 is 0 Å². The molecule has 4 N–H and O–H groups in total. The molecule has 0 amide bonds. The van der Waals surface area contributed by atoms with Crippen LogP contribution in [-0.4, -0.2) is 32.5 Å². The van der Waals surface area contributed by atoms with E-state index in [2.05, 4.69) is 0 Å². The van der Waals surface area contributed by atoms with Crippen LogP contribution in [-0.2, 0) is 9.84 Å². The molecule has 0 aromatic rings. The number of rotatable bonds is 4. The summed E-state index contributed by atoms with van der Waals surface area (Å²) in [6.45, 7) is 1.83. The van der Waals surface area contributed by atoms with Gasteiger partial charge in [0.15, 0.2) is 9.84 Å². The van der Waals surface area contributed by atoms with Gasteiger partial charge in [-0.3, -0.25) is 0 Å². The second kappa shape index (κ2) is 3.90. The second-order valence-corrected chi connectivity index (χ2v) is 4.61. The molecule has 0 rings (SSSR count). The molecule has 0 atom stereocenters. The Morgan fingerprint density at radius 3 is 1.80 bits per heavy atom. The summed E-state index contributed by atoms with van der Waals surface area (Å²) >= 11 is 0. The summed E-state index contributed by atoms with van der Waals surface area (Å²) in [5, 5.41) is -0.558. The lowest BCUT2D eigenvalue weighted by molar-refractivity contribution is 0.581. The average molecular weight is 166 g/mol. The van der Waals surface area contributed by atoms with Gasteiger partial charge >= 0.3 is 0 Å². The van der Waals surface area contributed by atoms with Crippen LogP contribution in [0.15, 0.2) is 0 Å². The zero-order valence-corrected chi connectivity index (χ0v) is 6.89. The zero-order valence-electron chi connectivity index (χ0n) is 6.08. The number of hydrogen-bond donors (Lipinski definition) is 2. The minimum absolute atomic E-state index is 0.117. The van der Waals surface area contributed by atoms with Crippen LogP contribution in [0, 0.1) is 0 Å². The van der Waals surface area contributed by atoms with E-state index in [0.29, 0.717) is 0 Å². The third-order valence-corrected chi connectivity index (χ3v) is 3.64. The highest BCUT2D eigenvalue weighted by molar-refractivity contribution is 7.92. The lowest BCUT2D eigenvalue weighted by atomic mass is 10.4. The van der Waals surface area contributed by atoms with Crippen LogP contribution >= 0.6 is 0 Å². The summed E-state index contributed by atoms with van der Waals surface area (Å²) in [7, 11) is -3.01. The Morgan fingerprint density at radius 2 is 1.70 bits per heavy atom. The number of sulfone groups is 1. The van der Waals surface area contributed by atoms with Gasteiger partial charge in [-0.2, -0.15) is 0 Å². The molecule has 0 aromatic heterocycles. The first-order valence-electron chi connectivity index (χ1n) is 3.20. The lowest BCUT2D eigenvalue weighted by Gasteiger charge is -2.10. The third kappa shape index (κ3) is 2.24. The highest BCUT2D eigenvalue weighted by Gasteiger charge is 2.19. The molecule has 0 aliphatic heterocycles. The van der Waals surface area contributed by atoms with Gasteiger partial charge in [-0.15, -0.1) is 0 Å². The van der Waals surface area contributed by atoms with Gasteiger partial charge in [0.25, 0.3) is 0 Å². The van der Waals surface area contributed by atoms with Crippen molar-refractivity contribution in [3.05, 3.63) is 0 Å². The fraction of sp³-hybridized carbons (Fsp3) is 1.00. The van der Waals surface area contributed by atoms with Crippen molar-refractivity contribution in [1.29, 1.82) is 0 Å². The Balaban J connectivity index is 4.28. The van der Waals surface area contributed by atoms with Gasteiger partial charge in [0, 0.05) is 18.8 Å². The number of hydrogen-bond acceptors (Lipinski definition) is 4. The maximum absolute atomic E-state index is 11.0. The van der Waals surface area contributed by atoms with Crippen molar-refractivity contribution in [2.45, 2.75) is 12.2 Å². The summed E-state index contributed by atoms with van der Waals surface area (Å²) < 4.78 is 22.0. The second-order valence-electron chi connectivity index (χ2n) is 2.04. The highest BCUT2D eigenvalue weighted by atomic mass is 32.2. The van der Waals surface area contributed by atoms with Crippen molar-refractivity contribution in [3.63, 3.8) is 0 Å². The molecule has 0 aliphatic rings. The summed E-state index contributed by atoms with van der Waals surface area (Å²) in [4.78, 5) is 0. The van der Waals surface area contributed by atoms with Gasteiger partial charge in [-0.1, -0.05) is 6.92 Å². The Kier molecular flexibility index (Phi) is 3.85. The molecule has 0 spiro atoms. The molecule has 0 saturated carbocycles. The summed E-state index contributed by atoms with van der Waals surface area (Å²) in [5.41, 5.74) is 10.4. The van der Waals surface area contributed by atoms with Crippen LogP contribution < -0.4 is 11.5 Å². The van der Waals surface area contributed by atoms with E-state index in [9.17, 15) is 8.42 Å². The fourth-order valence-corrected chi connectivity index (χ4v) is 1.68. The van der Waals surface area contributed by atoms with Gasteiger partial charge in [0.2, 0.25) is 0 Å². The topological polar surface area (TPSA) is 86.2 Å². The Labute approximate surface area is 61.5 Å². The molecule has 0 bridgehead atoms. The molecule has 0 aromatic carbocycles. The van der Waals surface area contributed by atoms with Crippen LogP contribution in [0.2, 0.25) is 0 Å². The molecule has 0 radical (unpaired) electrons. The van der Waals surface area contributed by atoms with E-state index in [0.717, 1.165) is 0 Å². The predicted molar refractivity (Wildman–Crippen MR) is 41.4 cm³/mol. The van der Waals surface area contributed by atoms with Gasteiger partial charge in [-0.25, -0.2) is 8.42 Å². The molecule has 62 valence electrons. The standard InChI is InChI=1S/C5H14N2O2S/c1-2-10(8,9)5(3-6)4-7/h5H,2-4,6-7H2,1H3.